The van der Waals surface area contributed by atoms with Crippen LogP contribution in [0.1, 0.15) is 72.6 Å². The topological polar surface area (TPSA) is 123 Å². The highest BCUT2D eigenvalue weighted by atomic mass is 35.5. The van der Waals surface area contributed by atoms with Crippen molar-refractivity contribution in [3.8, 4) is 0 Å². The fraction of sp³-hybridized carbons (Fsp3) is 0.636. The normalized spacial score (nSPS) is 18.4. The second-order valence-corrected chi connectivity index (χ2v) is 8.27. The second-order valence-electron chi connectivity index (χ2n) is 7.91. The molecule has 0 aromatic carbocycles. The highest BCUT2D eigenvalue weighted by Crippen LogP contribution is 2.24. The molecular weight excluding hydrogens is 450 g/mol. The number of carbonyl (C=O) groups excluding carboxylic acids is 2. The van der Waals surface area contributed by atoms with Crippen molar-refractivity contribution in [3.05, 3.63) is 28.1 Å². The summed E-state index contributed by atoms with van der Waals surface area (Å²) in [6, 6.07) is 0.118. The van der Waals surface area contributed by atoms with Gasteiger partial charge in [0.2, 0.25) is 0 Å². The van der Waals surface area contributed by atoms with E-state index in [1.54, 1.807) is 6.92 Å². The quantitative estimate of drug-likeness (QED) is 0.391. The molecule has 1 aliphatic rings. The maximum absolute atomic E-state index is 12.7. The number of aromatic amines is 1. The van der Waals surface area contributed by atoms with Gasteiger partial charge in [0.05, 0.1) is 31.0 Å². The predicted molar refractivity (Wildman–Crippen MR) is 123 cm³/mol. The Bertz CT molecular complexity index is 959. The number of H-pyrrole nitrogens is 1. The van der Waals surface area contributed by atoms with E-state index in [0.29, 0.717) is 56.1 Å². The summed E-state index contributed by atoms with van der Waals surface area (Å²) in [5.41, 5.74) is 0.909. The maximum Gasteiger partial charge on any atom is 0.360 e. The Labute approximate surface area is 198 Å². The van der Waals surface area contributed by atoms with Crippen molar-refractivity contribution in [3.63, 3.8) is 0 Å². The van der Waals surface area contributed by atoms with Gasteiger partial charge in [0, 0.05) is 13.2 Å². The summed E-state index contributed by atoms with van der Waals surface area (Å²) < 4.78 is 16.9. The summed E-state index contributed by atoms with van der Waals surface area (Å²) in [6.45, 7) is 9.41. The van der Waals surface area contributed by atoms with Gasteiger partial charge >= 0.3 is 5.97 Å². The number of halogens is 1. The number of anilines is 1. The highest BCUT2D eigenvalue weighted by Gasteiger charge is 2.34. The van der Waals surface area contributed by atoms with Gasteiger partial charge in [-0.3, -0.25) is 4.79 Å². The third-order valence-corrected chi connectivity index (χ3v) is 5.85. The average molecular weight is 482 g/mol. The molecule has 1 amide bonds. The molecule has 2 atom stereocenters. The van der Waals surface area contributed by atoms with Crippen LogP contribution in [-0.2, 0) is 15.9 Å². The number of carbonyl (C=O) groups is 2. The van der Waals surface area contributed by atoms with E-state index >= 15 is 0 Å². The minimum Gasteiger partial charge on any atom is -0.461 e. The first-order chi connectivity index (χ1) is 15.9. The highest BCUT2D eigenvalue weighted by molar-refractivity contribution is 6.30. The van der Waals surface area contributed by atoms with Gasteiger partial charge in [0.1, 0.15) is 5.76 Å². The van der Waals surface area contributed by atoms with Crippen LogP contribution in [0.25, 0.3) is 0 Å². The molecule has 2 aromatic heterocycles. The second kappa shape index (κ2) is 11.5. The molecule has 3 heterocycles. The van der Waals surface area contributed by atoms with E-state index in [0.717, 1.165) is 18.5 Å². The van der Waals surface area contributed by atoms with Gasteiger partial charge in [0.15, 0.2) is 16.7 Å². The van der Waals surface area contributed by atoms with E-state index in [2.05, 4.69) is 20.3 Å². The van der Waals surface area contributed by atoms with Crippen LogP contribution in [0.4, 0.5) is 6.01 Å². The lowest BCUT2D eigenvalue weighted by atomic mass is 10.0. The van der Waals surface area contributed by atoms with Gasteiger partial charge in [-0.1, -0.05) is 31.9 Å². The van der Waals surface area contributed by atoms with Crippen molar-refractivity contribution in [1.29, 1.82) is 0 Å². The molecule has 0 radical (unpaired) electrons. The van der Waals surface area contributed by atoms with Crippen LogP contribution in [0.5, 0.6) is 0 Å². The lowest BCUT2D eigenvalue weighted by Gasteiger charge is -2.37. The number of piperidine rings is 1. The number of amides is 1. The minimum absolute atomic E-state index is 0.184. The van der Waals surface area contributed by atoms with Gasteiger partial charge in [-0.25, -0.2) is 9.78 Å². The monoisotopic (exact) mass is 481 g/mol. The summed E-state index contributed by atoms with van der Waals surface area (Å²) in [7, 11) is 0. The lowest BCUT2D eigenvalue weighted by Crippen LogP contribution is -2.55. The van der Waals surface area contributed by atoms with E-state index in [-0.39, 0.29) is 29.6 Å². The molecule has 0 spiro atoms. The van der Waals surface area contributed by atoms with E-state index in [9.17, 15) is 9.59 Å². The molecular formula is C22H32ClN5O5. The number of aryl methyl sites for hydroxylation is 2. The Morgan fingerprint density at radius 2 is 2.09 bits per heavy atom. The molecule has 33 heavy (non-hydrogen) atoms. The number of aromatic nitrogens is 3. The molecule has 1 fully saturated rings. The zero-order valence-corrected chi connectivity index (χ0v) is 20.3. The smallest absolute Gasteiger partial charge is 0.360 e. The third kappa shape index (κ3) is 6.05. The van der Waals surface area contributed by atoms with Crippen LogP contribution in [0, 0.1) is 6.92 Å². The Balaban J connectivity index is 1.66. The largest absolute Gasteiger partial charge is 0.461 e. The van der Waals surface area contributed by atoms with Crippen molar-refractivity contribution >= 4 is 29.5 Å². The summed E-state index contributed by atoms with van der Waals surface area (Å²) >= 11 is 6.07. The Morgan fingerprint density at radius 3 is 2.76 bits per heavy atom. The number of esters is 1. The summed E-state index contributed by atoms with van der Waals surface area (Å²) in [5, 5.41) is 3.31. The van der Waals surface area contributed by atoms with Crippen LogP contribution in [0.2, 0.25) is 5.15 Å². The van der Waals surface area contributed by atoms with Gasteiger partial charge in [-0.05, 0) is 33.1 Å². The van der Waals surface area contributed by atoms with Crippen molar-refractivity contribution in [1.82, 2.24) is 20.3 Å². The SMILES string of the molecule is CCCCOC(=O)c1nc(N2CCC(NC(=O)c3nc(Cl)c(CC)[nH]3)C(OCC)C2)oc1C. The standard InChI is InChI=1S/C22H32ClN5O5/c1-5-8-11-32-21(30)17-13(4)33-22(26-17)28-10-9-15(16(12-28)31-7-3)25-20(29)19-24-14(6-2)18(23)27-19/h15-16H,5-12H2,1-4H3,(H,24,27)(H,25,29). The molecule has 3 rings (SSSR count). The van der Waals surface area contributed by atoms with Gasteiger partial charge in [-0.15, -0.1) is 0 Å². The number of nitrogens with zero attached hydrogens (tertiary/aromatic N) is 3. The van der Waals surface area contributed by atoms with E-state index < -0.39 is 5.97 Å². The van der Waals surface area contributed by atoms with E-state index in [1.165, 1.54) is 0 Å². The predicted octanol–water partition coefficient (Wildman–Crippen LogP) is 3.29. The Kier molecular flexibility index (Phi) is 8.74. The first-order valence-corrected chi connectivity index (χ1v) is 11.8. The van der Waals surface area contributed by atoms with Gasteiger partial charge in [0.25, 0.3) is 11.9 Å². The Hall–Kier alpha value is -2.59. The van der Waals surface area contributed by atoms with Crippen LogP contribution >= 0.6 is 11.6 Å². The fourth-order valence-electron chi connectivity index (χ4n) is 3.69. The van der Waals surface area contributed by atoms with Crippen molar-refractivity contribution in [2.75, 3.05) is 31.2 Å². The van der Waals surface area contributed by atoms with Crippen LogP contribution < -0.4 is 10.2 Å². The molecule has 0 saturated carbocycles. The maximum atomic E-state index is 12.7. The van der Waals surface area contributed by atoms with Crippen molar-refractivity contribution in [2.45, 2.75) is 65.5 Å². The van der Waals surface area contributed by atoms with E-state index in [1.807, 2.05) is 25.7 Å². The number of imidazole rings is 1. The van der Waals surface area contributed by atoms with Crippen LogP contribution in [0.15, 0.2) is 4.42 Å². The van der Waals surface area contributed by atoms with Gasteiger partial charge < -0.3 is 29.1 Å². The summed E-state index contributed by atoms with van der Waals surface area (Å²) in [6.07, 6.45) is 2.70. The van der Waals surface area contributed by atoms with Crippen molar-refractivity contribution < 1.29 is 23.5 Å². The van der Waals surface area contributed by atoms with Crippen LogP contribution in [0.3, 0.4) is 0 Å². The molecule has 0 aliphatic carbocycles. The fourth-order valence-corrected chi connectivity index (χ4v) is 3.96. The molecule has 0 bridgehead atoms. The number of oxazole rings is 1. The first kappa shape index (κ1) is 25.0. The van der Waals surface area contributed by atoms with Gasteiger partial charge in [-0.2, -0.15) is 4.98 Å². The van der Waals surface area contributed by atoms with Crippen molar-refractivity contribution in [2.24, 2.45) is 0 Å². The third-order valence-electron chi connectivity index (χ3n) is 5.53. The molecule has 11 heteroatoms. The Morgan fingerprint density at radius 1 is 1.30 bits per heavy atom. The molecule has 2 aromatic rings. The zero-order chi connectivity index (χ0) is 24.0. The average Bonchev–Trinajstić information content (AvgIpc) is 3.37. The molecule has 1 aliphatic heterocycles. The summed E-state index contributed by atoms with van der Waals surface area (Å²) in [5.74, 6) is -0.216. The number of rotatable bonds is 10. The summed E-state index contributed by atoms with van der Waals surface area (Å²) in [4.78, 5) is 38.4. The van der Waals surface area contributed by atoms with E-state index in [4.69, 9.17) is 25.5 Å². The first-order valence-electron chi connectivity index (χ1n) is 11.4. The number of ether oxygens (including phenoxy) is 2. The molecule has 10 nitrogen and oxygen atoms in total. The minimum atomic E-state index is -0.483. The number of nitrogens with one attached hydrogen (secondary N) is 2. The van der Waals surface area contributed by atoms with Crippen LogP contribution in [-0.4, -0.2) is 65.3 Å². The number of hydrogen-bond donors (Lipinski definition) is 2. The lowest BCUT2D eigenvalue weighted by molar-refractivity contribution is 0.0262. The molecule has 182 valence electrons. The molecule has 2 N–H and O–H groups in total. The number of unbranched alkanes of at least 4 members (excludes halogenated alkanes) is 1. The molecule has 2 unspecified atom stereocenters. The molecule has 1 saturated heterocycles. The zero-order valence-electron chi connectivity index (χ0n) is 19.6. The number of hydrogen-bond acceptors (Lipinski definition) is 8.